The van der Waals surface area contributed by atoms with Gasteiger partial charge < -0.3 is 5.11 Å². The lowest BCUT2D eigenvalue weighted by atomic mass is 10.3. The van der Waals surface area contributed by atoms with Crippen molar-refractivity contribution in [2.75, 3.05) is 19.7 Å². The van der Waals surface area contributed by atoms with Crippen LogP contribution in [0, 0.1) is 0 Å². The molecule has 0 spiro atoms. The van der Waals surface area contributed by atoms with E-state index in [1.807, 2.05) is 24.0 Å². The SMILES string of the molecule is Cn1nccc1CCN(CCO)Cc1cc(Br)cs1. The van der Waals surface area contributed by atoms with Crippen LogP contribution in [0.25, 0.3) is 0 Å². The van der Waals surface area contributed by atoms with Crippen LogP contribution in [0.5, 0.6) is 0 Å². The molecule has 0 aliphatic rings. The Morgan fingerprint density at radius 2 is 2.32 bits per heavy atom. The van der Waals surface area contributed by atoms with Crippen molar-refractivity contribution in [3.8, 4) is 0 Å². The van der Waals surface area contributed by atoms with Gasteiger partial charge in [0.05, 0.1) is 6.61 Å². The first-order chi connectivity index (χ1) is 9.19. The molecule has 2 aromatic heterocycles. The van der Waals surface area contributed by atoms with E-state index in [-0.39, 0.29) is 6.61 Å². The van der Waals surface area contributed by atoms with Gasteiger partial charge >= 0.3 is 0 Å². The fourth-order valence-electron chi connectivity index (χ4n) is 1.99. The molecule has 0 radical (unpaired) electrons. The summed E-state index contributed by atoms with van der Waals surface area (Å²) in [5.74, 6) is 0. The van der Waals surface area contributed by atoms with E-state index in [9.17, 15) is 0 Å². The third kappa shape index (κ3) is 4.42. The summed E-state index contributed by atoms with van der Waals surface area (Å²) >= 11 is 5.21. The van der Waals surface area contributed by atoms with Gasteiger partial charge in [-0.1, -0.05) is 0 Å². The van der Waals surface area contributed by atoms with Gasteiger partial charge in [0.2, 0.25) is 0 Å². The Kier molecular flexibility index (Phi) is 5.57. The van der Waals surface area contributed by atoms with E-state index in [0.29, 0.717) is 6.54 Å². The summed E-state index contributed by atoms with van der Waals surface area (Å²) in [5, 5.41) is 15.4. The van der Waals surface area contributed by atoms with Gasteiger partial charge in [-0.25, -0.2) is 0 Å². The predicted molar refractivity (Wildman–Crippen MR) is 81.3 cm³/mol. The van der Waals surface area contributed by atoms with Crippen molar-refractivity contribution in [1.82, 2.24) is 14.7 Å². The lowest BCUT2D eigenvalue weighted by molar-refractivity contribution is 0.192. The molecule has 4 nitrogen and oxygen atoms in total. The molecule has 0 saturated carbocycles. The second-order valence-electron chi connectivity index (χ2n) is 4.43. The summed E-state index contributed by atoms with van der Waals surface area (Å²) in [6.45, 7) is 2.70. The largest absolute Gasteiger partial charge is 0.395 e. The average Bonchev–Trinajstić information content (AvgIpc) is 2.96. The van der Waals surface area contributed by atoms with Crippen LogP contribution in [-0.4, -0.2) is 39.5 Å². The Labute approximate surface area is 125 Å². The molecule has 19 heavy (non-hydrogen) atoms. The molecule has 0 amide bonds. The third-order valence-electron chi connectivity index (χ3n) is 3.02. The van der Waals surface area contributed by atoms with Gasteiger partial charge in [0.1, 0.15) is 0 Å². The maximum absolute atomic E-state index is 9.17. The number of aliphatic hydroxyl groups excluding tert-OH is 1. The fourth-order valence-corrected chi connectivity index (χ4v) is 3.48. The van der Waals surface area contributed by atoms with Crippen molar-refractivity contribution in [2.45, 2.75) is 13.0 Å². The highest BCUT2D eigenvalue weighted by atomic mass is 79.9. The number of halogens is 1. The van der Waals surface area contributed by atoms with Crippen LogP contribution < -0.4 is 0 Å². The van der Waals surface area contributed by atoms with E-state index in [1.165, 1.54) is 10.6 Å². The van der Waals surface area contributed by atoms with Crippen LogP contribution in [-0.2, 0) is 20.0 Å². The Morgan fingerprint density at radius 3 is 2.89 bits per heavy atom. The van der Waals surface area contributed by atoms with Crippen LogP contribution >= 0.6 is 27.3 Å². The number of hydrogen-bond donors (Lipinski definition) is 1. The molecule has 0 saturated heterocycles. The summed E-state index contributed by atoms with van der Waals surface area (Å²) in [6, 6.07) is 4.18. The van der Waals surface area contributed by atoms with Crippen molar-refractivity contribution >= 4 is 27.3 Å². The molecule has 1 N–H and O–H groups in total. The maximum atomic E-state index is 9.17. The highest BCUT2D eigenvalue weighted by Crippen LogP contribution is 2.21. The number of rotatable bonds is 7. The second kappa shape index (κ2) is 7.19. The normalized spacial score (nSPS) is 11.4. The Balaban J connectivity index is 1.90. The summed E-state index contributed by atoms with van der Waals surface area (Å²) in [4.78, 5) is 3.58. The topological polar surface area (TPSA) is 41.3 Å². The number of aromatic nitrogens is 2. The Morgan fingerprint density at radius 1 is 1.47 bits per heavy atom. The molecule has 0 aromatic carbocycles. The molecule has 0 atom stereocenters. The lowest BCUT2D eigenvalue weighted by Gasteiger charge is -2.20. The number of thiophene rings is 1. The van der Waals surface area contributed by atoms with E-state index >= 15 is 0 Å². The van der Waals surface area contributed by atoms with Gasteiger partial charge in [0.25, 0.3) is 0 Å². The zero-order chi connectivity index (χ0) is 13.7. The van der Waals surface area contributed by atoms with Crippen LogP contribution in [0.3, 0.4) is 0 Å². The Bertz CT molecular complexity index is 511. The van der Waals surface area contributed by atoms with E-state index < -0.39 is 0 Å². The van der Waals surface area contributed by atoms with Crippen LogP contribution in [0.1, 0.15) is 10.6 Å². The van der Waals surface area contributed by atoms with Crippen molar-refractivity contribution in [3.05, 3.63) is 38.8 Å². The highest BCUT2D eigenvalue weighted by molar-refractivity contribution is 9.10. The standard InChI is InChI=1S/C13H18BrN3OS/c1-16-12(2-4-15-16)3-5-17(6-7-18)9-13-8-11(14)10-19-13/h2,4,8,10,18H,3,5-7,9H2,1H3. The average molecular weight is 344 g/mol. The summed E-state index contributed by atoms with van der Waals surface area (Å²) < 4.78 is 3.03. The van der Waals surface area contributed by atoms with Crippen LogP contribution in [0.4, 0.5) is 0 Å². The van der Waals surface area contributed by atoms with Gasteiger partial charge in [-0.2, -0.15) is 5.10 Å². The maximum Gasteiger partial charge on any atom is 0.0558 e. The van der Waals surface area contributed by atoms with E-state index in [1.54, 1.807) is 11.3 Å². The predicted octanol–water partition coefficient (Wildman–Crippen LogP) is 2.28. The molecule has 0 unspecified atom stereocenters. The number of nitrogens with zero attached hydrogens (tertiary/aromatic N) is 3. The van der Waals surface area contributed by atoms with Crippen molar-refractivity contribution < 1.29 is 5.11 Å². The van der Waals surface area contributed by atoms with Gasteiger partial charge in [0.15, 0.2) is 0 Å². The quantitative estimate of drug-likeness (QED) is 0.838. The minimum atomic E-state index is 0.192. The van der Waals surface area contributed by atoms with E-state index in [2.05, 4.69) is 37.4 Å². The lowest BCUT2D eigenvalue weighted by Crippen LogP contribution is -2.28. The molecule has 2 heterocycles. The smallest absolute Gasteiger partial charge is 0.0558 e. The summed E-state index contributed by atoms with van der Waals surface area (Å²) in [5.41, 5.74) is 1.22. The molecular weight excluding hydrogens is 326 g/mol. The minimum Gasteiger partial charge on any atom is -0.395 e. The monoisotopic (exact) mass is 343 g/mol. The van der Waals surface area contributed by atoms with Crippen molar-refractivity contribution in [1.29, 1.82) is 0 Å². The fraction of sp³-hybridized carbons (Fsp3) is 0.462. The Hall–Kier alpha value is -0.690. The zero-order valence-electron chi connectivity index (χ0n) is 10.9. The molecule has 0 aliphatic heterocycles. The summed E-state index contributed by atoms with van der Waals surface area (Å²) in [7, 11) is 1.96. The molecule has 0 fully saturated rings. The van der Waals surface area contributed by atoms with Gasteiger partial charge in [-0.15, -0.1) is 11.3 Å². The zero-order valence-corrected chi connectivity index (χ0v) is 13.3. The molecule has 2 aromatic rings. The summed E-state index contributed by atoms with van der Waals surface area (Å²) in [6.07, 6.45) is 2.77. The molecule has 0 aliphatic carbocycles. The molecule has 6 heteroatoms. The van der Waals surface area contributed by atoms with E-state index in [4.69, 9.17) is 5.11 Å². The van der Waals surface area contributed by atoms with Crippen molar-refractivity contribution in [3.63, 3.8) is 0 Å². The first-order valence-corrected chi connectivity index (χ1v) is 7.89. The van der Waals surface area contributed by atoms with Gasteiger partial charge in [-0.05, 0) is 28.1 Å². The molecular formula is C13H18BrN3OS. The first-order valence-electron chi connectivity index (χ1n) is 6.22. The van der Waals surface area contributed by atoms with Gasteiger partial charge in [-0.3, -0.25) is 9.58 Å². The highest BCUT2D eigenvalue weighted by Gasteiger charge is 2.09. The van der Waals surface area contributed by atoms with Crippen LogP contribution in [0.15, 0.2) is 28.2 Å². The van der Waals surface area contributed by atoms with Crippen LogP contribution in [0.2, 0.25) is 0 Å². The first kappa shape index (κ1) is 14.7. The van der Waals surface area contributed by atoms with E-state index in [0.717, 1.165) is 24.0 Å². The van der Waals surface area contributed by atoms with Crippen molar-refractivity contribution in [2.24, 2.45) is 7.05 Å². The third-order valence-corrected chi connectivity index (χ3v) is 4.71. The second-order valence-corrected chi connectivity index (χ2v) is 6.34. The number of hydrogen-bond acceptors (Lipinski definition) is 4. The molecule has 2 rings (SSSR count). The number of aliphatic hydroxyl groups is 1. The minimum absolute atomic E-state index is 0.192. The van der Waals surface area contributed by atoms with Gasteiger partial charge in [0, 0.05) is 59.7 Å². The molecule has 104 valence electrons. The molecule has 0 bridgehead atoms. The number of aryl methyl sites for hydroxylation is 1.